The number of hydrogen-bond acceptors (Lipinski definition) is 6. The van der Waals surface area contributed by atoms with Gasteiger partial charge in [-0.25, -0.2) is 0 Å². The normalized spacial score (nSPS) is 19.7. The summed E-state index contributed by atoms with van der Waals surface area (Å²) in [5.74, 6) is 3.13. The van der Waals surface area contributed by atoms with Crippen LogP contribution in [-0.4, -0.2) is 45.5 Å². The van der Waals surface area contributed by atoms with Crippen LogP contribution >= 0.6 is 24.8 Å². The van der Waals surface area contributed by atoms with Crippen LogP contribution in [0, 0.1) is 5.92 Å². The first-order valence-corrected chi connectivity index (χ1v) is 8.64. The SMILES string of the molecule is CNC1(COc2cncc(-c3ccc(OC)c(OC)c3OC)c2)CC1C.Cl.Cl. The number of nitrogens with zero attached hydrogens (tertiary/aromatic N) is 1. The van der Waals surface area contributed by atoms with E-state index in [1.54, 1.807) is 33.7 Å². The molecule has 1 saturated carbocycles. The second-order valence-electron chi connectivity index (χ2n) is 6.59. The molecule has 28 heavy (non-hydrogen) atoms. The molecule has 1 aliphatic carbocycles. The van der Waals surface area contributed by atoms with E-state index < -0.39 is 0 Å². The fraction of sp³-hybridized carbons (Fsp3) is 0.450. The van der Waals surface area contributed by atoms with Gasteiger partial charge in [0, 0.05) is 17.3 Å². The molecule has 0 spiro atoms. The maximum atomic E-state index is 6.01. The number of aromatic nitrogens is 1. The van der Waals surface area contributed by atoms with E-state index in [0.29, 0.717) is 29.8 Å². The molecule has 3 rings (SSSR count). The lowest BCUT2D eigenvalue weighted by Gasteiger charge is -2.18. The van der Waals surface area contributed by atoms with Gasteiger partial charge in [-0.3, -0.25) is 4.98 Å². The van der Waals surface area contributed by atoms with Crippen LogP contribution in [0.4, 0.5) is 0 Å². The van der Waals surface area contributed by atoms with Gasteiger partial charge >= 0.3 is 0 Å². The van der Waals surface area contributed by atoms with Crippen LogP contribution in [0.5, 0.6) is 23.0 Å². The minimum atomic E-state index is 0. The summed E-state index contributed by atoms with van der Waals surface area (Å²) in [6, 6.07) is 5.75. The van der Waals surface area contributed by atoms with Crippen molar-refractivity contribution in [2.24, 2.45) is 5.92 Å². The number of methoxy groups -OCH3 is 3. The van der Waals surface area contributed by atoms with Crippen molar-refractivity contribution in [2.75, 3.05) is 35.0 Å². The highest BCUT2D eigenvalue weighted by molar-refractivity contribution is 5.85. The Labute approximate surface area is 178 Å². The molecule has 1 fully saturated rings. The third-order valence-corrected chi connectivity index (χ3v) is 5.18. The Morgan fingerprint density at radius 1 is 1.07 bits per heavy atom. The first kappa shape index (κ1) is 24.1. The summed E-state index contributed by atoms with van der Waals surface area (Å²) in [7, 11) is 6.79. The Balaban J connectivity index is 0.00000196. The maximum Gasteiger partial charge on any atom is 0.203 e. The molecule has 2 unspecified atom stereocenters. The average Bonchev–Trinajstić information content (AvgIpc) is 3.35. The lowest BCUT2D eigenvalue weighted by atomic mass is 10.1. The van der Waals surface area contributed by atoms with E-state index in [1.807, 2.05) is 25.2 Å². The molecule has 0 amide bonds. The van der Waals surface area contributed by atoms with Crippen molar-refractivity contribution < 1.29 is 18.9 Å². The predicted octanol–water partition coefficient (Wildman–Crippen LogP) is 3.99. The van der Waals surface area contributed by atoms with Crippen molar-refractivity contribution in [3.05, 3.63) is 30.6 Å². The molecule has 1 heterocycles. The highest BCUT2D eigenvalue weighted by atomic mass is 35.5. The first-order chi connectivity index (χ1) is 12.6. The van der Waals surface area contributed by atoms with E-state index >= 15 is 0 Å². The number of pyridine rings is 1. The van der Waals surface area contributed by atoms with Crippen LogP contribution in [0.25, 0.3) is 11.1 Å². The molecule has 8 heteroatoms. The smallest absolute Gasteiger partial charge is 0.203 e. The molecule has 1 N–H and O–H groups in total. The minimum absolute atomic E-state index is 0. The fourth-order valence-electron chi connectivity index (χ4n) is 3.30. The fourth-order valence-corrected chi connectivity index (χ4v) is 3.30. The Bertz CT molecular complexity index is 787. The summed E-state index contributed by atoms with van der Waals surface area (Å²) in [6.45, 7) is 2.85. The molecule has 2 aromatic rings. The molecule has 1 aromatic carbocycles. The summed E-state index contributed by atoms with van der Waals surface area (Å²) in [5, 5.41) is 3.37. The standard InChI is InChI=1S/C20H26N2O4.2ClH/c1-13-9-20(13,21-2)12-26-15-8-14(10-22-11-15)16-6-7-17(23-3)19(25-5)18(16)24-4;;/h6-8,10-11,13,21H,9,12H2,1-5H3;2*1H. The van der Waals surface area contributed by atoms with E-state index in [1.165, 1.54) is 0 Å². The van der Waals surface area contributed by atoms with Crippen LogP contribution in [0.2, 0.25) is 0 Å². The van der Waals surface area contributed by atoms with Gasteiger partial charge in [-0.05, 0) is 37.6 Å². The zero-order chi connectivity index (χ0) is 18.7. The number of rotatable bonds is 8. The van der Waals surface area contributed by atoms with E-state index in [2.05, 4.69) is 17.2 Å². The summed E-state index contributed by atoms with van der Waals surface area (Å²) < 4.78 is 22.4. The number of ether oxygens (including phenoxy) is 4. The molecule has 6 nitrogen and oxygen atoms in total. The summed E-state index contributed by atoms with van der Waals surface area (Å²) in [5.41, 5.74) is 1.84. The summed E-state index contributed by atoms with van der Waals surface area (Å²) in [6.07, 6.45) is 4.64. The van der Waals surface area contributed by atoms with Gasteiger partial charge in [0.05, 0.1) is 33.1 Å². The topological polar surface area (TPSA) is 61.8 Å². The lowest BCUT2D eigenvalue weighted by Crippen LogP contribution is -2.36. The van der Waals surface area contributed by atoms with Gasteiger partial charge in [-0.15, -0.1) is 24.8 Å². The van der Waals surface area contributed by atoms with Gasteiger partial charge in [0.1, 0.15) is 12.4 Å². The summed E-state index contributed by atoms with van der Waals surface area (Å²) in [4.78, 5) is 4.33. The third kappa shape index (κ3) is 4.57. The number of likely N-dealkylation sites (N-methyl/N-ethyl adjacent to an activating group) is 1. The van der Waals surface area contributed by atoms with Crippen molar-refractivity contribution >= 4 is 24.8 Å². The van der Waals surface area contributed by atoms with Crippen molar-refractivity contribution in [3.8, 4) is 34.1 Å². The monoisotopic (exact) mass is 430 g/mol. The zero-order valence-electron chi connectivity index (χ0n) is 16.8. The number of hydrogen-bond donors (Lipinski definition) is 1. The van der Waals surface area contributed by atoms with Crippen LogP contribution in [0.1, 0.15) is 13.3 Å². The van der Waals surface area contributed by atoms with E-state index in [-0.39, 0.29) is 30.4 Å². The third-order valence-electron chi connectivity index (χ3n) is 5.18. The van der Waals surface area contributed by atoms with Gasteiger partial charge < -0.3 is 24.3 Å². The van der Waals surface area contributed by atoms with Gasteiger partial charge in [0.15, 0.2) is 11.5 Å². The van der Waals surface area contributed by atoms with E-state index in [0.717, 1.165) is 23.3 Å². The molecule has 2 atom stereocenters. The molecule has 1 aliphatic rings. The van der Waals surface area contributed by atoms with E-state index in [9.17, 15) is 0 Å². The Kier molecular flexibility index (Phi) is 8.67. The maximum absolute atomic E-state index is 6.01. The Hall–Kier alpha value is -1.89. The molecule has 0 bridgehead atoms. The van der Waals surface area contributed by atoms with E-state index in [4.69, 9.17) is 18.9 Å². The highest BCUT2D eigenvalue weighted by Crippen LogP contribution is 2.45. The molecular weight excluding hydrogens is 403 g/mol. The first-order valence-electron chi connectivity index (χ1n) is 8.64. The Morgan fingerprint density at radius 2 is 1.75 bits per heavy atom. The number of nitrogens with one attached hydrogen (secondary N) is 1. The zero-order valence-corrected chi connectivity index (χ0v) is 18.4. The molecular formula is C20H28Cl2N2O4. The highest BCUT2D eigenvalue weighted by Gasteiger charge is 2.50. The molecule has 156 valence electrons. The minimum Gasteiger partial charge on any atom is -0.493 e. The van der Waals surface area contributed by atoms with Gasteiger partial charge in [-0.1, -0.05) is 6.92 Å². The molecule has 0 aliphatic heterocycles. The van der Waals surface area contributed by atoms with Crippen LogP contribution in [0.3, 0.4) is 0 Å². The van der Waals surface area contributed by atoms with Crippen LogP contribution in [0.15, 0.2) is 30.6 Å². The quantitative estimate of drug-likeness (QED) is 0.682. The number of benzene rings is 1. The van der Waals surface area contributed by atoms with Crippen molar-refractivity contribution in [1.82, 2.24) is 10.3 Å². The van der Waals surface area contributed by atoms with Crippen LogP contribution < -0.4 is 24.3 Å². The van der Waals surface area contributed by atoms with Crippen molar-refractivity contribution in [1.29, 1.82) is 0 Å². The largest absolute Gasteiger partial charge is 0.493 e. The average molecular weight is 431 g/mol. The number of halogens is 2. The summed E-state index contributed by atoms with van der Waals surface area (Å²) >= 11 is 0. The van der Waals surface area contributed by atoms with Crippen LogP contribution in [-0.2, 0) is 0 Å². The van der Waals surface area contributed by atoms with Crippen molar-refractivity contribution in [3.63, 3.8) is 0 Å². The molecule has 1 aromatic heterocycles. The predicted molar refractivity (Wildman–Crippen MR) is 115 cm³/mol. The molecule has 0 saturated heterocycles. The van der Waals surface area contributed by atoms with Gasteiger partial charge in [0.2, 0.25) is 5.75 Å². The van der Waals surface area contributed by atoms with Gasteiger partial charge in [0.25, 0.3) is 0 Å². The second kappa shape index (κ2) is 10.0. The van der Waals surface area contributed by atoms with Crippen molar-refractivity contribution in [2.45, 2.75) is 18.9 Å². The lowest BCUT2D eigenvalue weighted by molar-refractivity contribution is 0.249. The Morgan fingerprint density at radius 3 is 2.29 bits per heavy atom. The second-order valence-corrected chi connectivity index (χ2v) is 6.59. The molecule has 0 radical (unpaired) electrons. The van der Waals surface area contributed by atoms with Gasteiger partial charge in [-0.2, -0.15) is 0 Å².